The average Bonchev–Trinajstić information content (AvgIpc) is 1.63. The fraction of sp³-hybridized carbons (Fsp3) is 0.361. The summed E-state index contributed by atoms with van der Waals surface area (Å²) in [6.45, 7) is 18.3. The molecule has 22 rings (SSSR count). The zero-order chi connectivity index (χ0) is 92.1. The number of nitrogens with one attached hydrogen (secondary N) is 4. The number of hydrogen-bond acceptors (Lipinski definition) is 20. The number of H-pyrrole nitrogens is 4. The van der Waals surface area contributed by atoms with Crippen LogP contribution in [0, 0.1) is 45.3 Å². The van der Waals surface area contributed by atoms with E-state index in [0.717, 1.165) is 249 Å². The highest BCUT2D eigenvalue weighted by atomic mass is 16.5. The lowest BCUT2D eigenvalue weighted by Crippen LogP contribution is -2.48. The molecule has 0 unspecified atom stereocenters. The quantitative estimate of drug-likeness (QED) is 0.0620. The number of ether oxygens (including phenoxy) is 10. The molecule has 0 bridgehead atoms. The Labute approximate surface area is 784 Å². The molecule has 13 heterocycles. The van der Waals surface area contributed by atoms with Crippen LogP contribution in [0.15, 0.2) is 194 Å². The van der Waals surface area contributed by atoms with Crippen LogP contribution in [0.2, 0.25) is 0 Å². The molecule has 690 valence electrons. The van der Waals surface area contributed by atoms with E-state index in [1.165, 1.54) is 5.69 Å². The van der Waals surface area contributed by atoms with Gasteiger partial charge in [0.2, 0.25) is 0 Å². The number of hydrogen-bond donors (Lipinski definition) is 4. The summed E-state index contributed by atoms with van der Waals surface area (Å²) in [5.74, 6) is 2.56. The van der Waals surface area contributed by atoms with Gasteiger partial charge in [-0.25, -0.2) is 0 Å². The van der Waals surface area contributed by atoms with Crippen LogP contribution < -0.4 is 23.8 Å². The Hall–Kier alpha value is -13.8. The molecule has 4 aromatic heterocycles. The van der Waals surface area contributed by atoms with Crippen molar-refractivity contribution < 1.29 is 61.8 Å². The maximum absolute atomic E-state index is 13.1. The molecular weight excluding hydrogens is 1700 g/mol. The number of amides is 3. The number of fused-ring (bicyclic) bond motifs is 4. The van der Waals surface area contributed by atoms with Crippen molar-refractivity contribution in [2.24, 2.45) is 0 Å². The number of benzene rings is 9. The molecule has 3 amide bonds. The van der Waals surface area contributed by atoms with Crippen molar-refractivity contribution in [1.29, 1.82) is 21.0 Å². The number of nitrogens with zero attached hydrogens (tertiary/aromatic N) is 10. The van der Waals surface area contributed by atoms with Crippen molar-refractivity contribution in [1.82, 2.24) is 44.4 Å². The van der Waals surface area contributed by atoms with Gasteiger partial charge < -0.3 is 91.8 Å². The summed E-state index contributed by atoms with van der Waals surface area (Å²) in [5, 5.41) is 43.2. The Morgan fingerprint density at radius 2 is 0.674 bits per heavy atom. The number of carbonyl (C=O) groups excluding carboxylic acids is 3. The van der Waals surface area contributed by atoms with Gasteiger partial charge in [-0.05, 0) is 186 Å². The number of aromatic nitrogens is 4. The van der Waals surface area contributed by atoms with Gasteiger partial charge in [0.1, 0.15) is 88.8 Å². The topological polar surface area (TPSA) is 321 Å². The summed E-state index contributed by atoms with van der Waals surface area (Å²) in [4.78, 5) is 64.9. The van der Waals surface area contributed by atoms with Crippen LogP contribution in [-0.4, -0.2) is 257 Å². The van der Waals surface area contributed by atoms with Gasteiger partial charge in [0.15, 0.2) is 0 Å². The number of rotatable bonds is 18. The highest BCUT2D eigenvalue weighted by Gasteiger charge is 2.35. The number of aromatic amines is 4. The van der Waals surface area contributed by atoms with Crippen LogP contribution in [0.3, 0.4) is 0 Å². The van der Waals surface area contributed by atoms with Gasteiger partial charge in [-0.1, -0.05) is 84.9 Å². The number of nitriles is 4. The molecule has 27 heteroatoms. The molecule has 1 atom stereocenters. The maximum Gasteiger partial charge on any atom is 0.270 e. The van der Waals surface area contributed by atoms with Crippen molar-refractivity contribution in [2.45, 2.75) is 88.2 Å². The molecule has 9 aliphatic rings. The predicted octanol–water partition coefficient (Wildman–Crippen LogP) is 17.0. The van der Waals surface area contributed by atoms with Gasteiger partial charge in [-0.3, -0.25) is 19.3 Å². The Morgan fingerprint density at radius 3 is 1.05 bits per heavy atom. The van der Waals surface area contributed by atoms with Crippen LogP contribution in [0.25, 0.3) is 99.4 Å². The molecule has 0 saturated carbocycles. The Kier molecular flexibility index (Phi) is 28.2. The predicted molar refractivity (Wildman–Crippen MR) is 516 cm³/mol. The molecular formula is C108H110N14O13. The minimum absolute atomic E-state index is 0.0200. The minimum Gasteiger partial charge on any atom is -0.489 e. The van der Waals surface area contributed by atoms with Crippen LogP contribution in [0.4, 0.5) is 5.69 Å². The summed E-state index contributed by atoms with van der Waals surface area (Å²) >= 11 is 0. The van der Waals surface area contributed by atoms with E-state index in [-0.39, 0.29) is 42.1 Å². The van der Waals surface area contributed by atoms with Crippen LogP contribution in [0.1, 0.15) is 112 Å². The standard InChI is InChI=1S/C32H32N4O3.C26H28N4O3.C25H25N3O4.C25H25N3O3/c33-18-24-16-23(6-9-32(24)39-27-10-11-36(19-27)26-20-38-21-26)28-2-1-3-30-29(28)17-31(34-30)22-4-7-25(8-5-22)35-12-14-37-15-13-35;1-29-9-11-30(12-10-29)26(31)24-16-22-21(3-2-4-23(22)28-24)18-5-6-25(19(15-18)17-27)33-20-7-13-32-14-8-20;26-16-18-14-17(4-5-24(18)32-19-6-10-30-11-7-19)20-2-1-3-22-21(20)15-23(27-22)25(29)28-8-12-31-13-9-28;26-16-18-14-17(6-7-24(18)31-19-8-12-30-13-9-19)20-4-3-5-22-21(20)15-23(27-22)25(29)28-10-1-2-11-28/h1-9,16-17,26-27,34H,10-15,19-21H2;2-6,15-16,20,28H,7-14H2,1H3;1-5,14-15,19,27H,6-13H2;3-7,14-15,19,27H,1-2,8-13H2/t27-;;;/m1.../s1. The summed E-state index contributed by atoms with van der Waals surface area (Å²) in [7, 11) is 2.08. The number of piperazine rings is 1. The lowest BCUT2D eigenvalue weighted by molar-refractivity contribution is -0.0592. The molecule has 0 aliphatic carbocycles. The Bertz CT molecular complexity index is 6600. The van der Waals surface area contributed by atoms with Gasteiger partial charge in [0, 0.05) is 172 Å². The molecule has 9 aromatic carbocycles. The molecule has 13 aromatic rings. The fourth-order valence-electron chi connectivity index (χ4n) is 19.3. The average molecular weight is 1810 g/mol. The highest BCUT2D eigenvalue weighted by Crippen LogP contribution is 2.41. The first-order valence-corrected chi connectivity index (χ1v) is 47.3. The molecule has 9 saturated heterocycles. The van der Waals surface area contributed by atoms with E-state index in [2.05, 4.69) is 121 Å². The zero-order valence-electron chi connectivity index (χ0n) is 76.0. The first kappa shape index (κ1) is 90.4. The van der Waals surface area contributed by atoms with Crippen molar-refractivity contribution in [2.75, 3.05) is 170 Å². The third-order valence-corrected chi connectivity index (χ3v) is 27.0. The van der Waals surface area contributed by atoms with Gasteiger partial charge in [-0.15, -0.1) is 0 Å². The SMILES string of the molecule is CN1CCN(C(=O)c2cc3c(-c4ccc(OC5CCOCC5)c(C#N)c4)cccc3[nH]2)CC1.N#Cc1cc(-c2cccc3[nH]c(-c4ccc(N5CCOCC5)cc4)cc23)ccc1O[C@@H]1CCN(C2COC2)C1.N#Cc1cc(-c2cccc3[nH]c(C(=O)N4CCCC4)cc23)ccc1OC1CCOCC1.N#Cc1cc(-c2cccc3[nH]c(C(=O)N4CCOCC4)cc23)ccc1OC1CCOCC1. The smallest absolute Gasteiger partial charge is 0.270 e. The third kappa shape index (κ3) is 20.8. The number of anilines is 1. The van der Waals surface area contributed by atoms with Crippen LogP contribution in [0.5, 0.6) is 23.0 Å². The largest absolute Gasteiger partial charge is 0.489 e. The van der Waals surface area contributed by atoms with Gasteiger partial charge in [-0.2, -0.15) is 21.0 Å². The van der Waals surface area contributed by atoms with Crippen molar-refractivity contribution >= 4 is 67.0 Å². The number of morpholine rings is 2. The number of likely N-dealkylation sites (N-methyl/N-ethyl adjacent to an activating group) is 1. The van der Waals surface area contributed by atoms with E-state index in [1.54, 1.807) is 0 Å². The molecule has 4 N–H and O–H groups in total. The lowest BCUT2D eigenvalue weighted by Gasteiger charge is -2.34. The van der Waals surface area contributed by atoms with E-state index >= 15 is 0 Å². The first-order chi connectivity index (χ1) is 66.3. The number of carbonyl (C=O) groups is 3. The molecule has 135 heavy (non-hydrogen) atoms. The first-order valence-electron chi connectivity index (χ1n) is 47.3. The van der Waals surface area contributed by atoms with Crippen molar-refractivity contribution in [3.8, 4) is 103 Å². The maximum atomic E-state index is 13.1. The second-order valence-corrected chi connectivity index (χ2v) is 35.7. The summed E-state index contributed by atoms with van der Waals surface area (Å²) in [5.41, 5.74) is 18.9. The second kappa shape index (κ2) is 42.2. The van der Waals surface area contributed by atoms with Gasteiger partial charge >= 0.3 is 0 Å². The van der Waals surface area contributed by atoms with Gasteiger partial charge in [0.05, 0.1) is 108 Å². The molecule has 27 nitrogen and oxygen atoms in total. The molecule has 9 aliphatic heterocycles. The summed E-state index contributed by atoms with van der Waals surface area (Å²) in [6, 6.07) is 73.8. The third-order valence-electron chi connectivity index (χ3n) is 27.0. The number of likely N-dealkylation sites (tertiary alicyclic amines) is 2. The highest BCUT2D eigenvalue weighted by molar-refractivity contribution is 6.06. The van der Waals surface area contributed by atoms with Gasteiger partial charge in [0.25, 0.3) is 17.7 Å². The van der Waals surface area contributed by atoms with Crippen molar-refractivity contribution in [3.63, 3.8) is 0 Å². The molecule has 0 radical (unpaired) electrons. The van der Waals surface area contributed by atoms with E-state index in [1.807, 2.05) is 154 Å². The van der Waals surface area contributed by atoms with Crippen LogP contribution in [-0.2, 0) is 28.4 Å². The van der Waals surface area contributed by atoms with E-state index in [9.17, 15) is 35.4 Å². The minimum atomic E-state index is -0.0200. The second-order valence-electron chi connectivity index (χ2n) is 35.7. The Balaban J connectivity index is 0.000000116. The van der Waals surface area contributed by atoms with E-state index in [4.69, 9.17) is 47.4 Å². The monoisotopic (exact) mass is 1810 g/mol. The lowest BCUT2D eigenvalue weighted by atomic mass is 9.99. The fourth-order valence-corrected chi connectivity index (χ4v) is 19.3. The zero-order valence-corrected chi connectivity index (χ0v) is 76.0. The summed E-state index contributed by atoms with van der Waals surface area (Å²) in [6.07, 6.45) is 8.44. The Morgan fingerprint density at radius 1 is 0.333 bits per heavy atom. The van der Waals surface area contributed by atoms with Crippen LogP contribution >= 0.6 is 0 Å². The van der Waals surface area contributed by atoms with Crippen molar-refractivity contribution in [3.05, 3.63) is 233 Å². The molecule has 9 fully saturated rings. The van der Waals surface area contributed by atoms with E-state index < -0.39 is 0 Å². The van der Waals surface area contributed by atoms with E-state index in [0.29, 0.717) is 134 Å². The normalized spacial score (nSPS) is 18.2. The summed E-state index contributed by atoms with van der Waals surface area (Å²) < 4.78 is 57.0. The molecule has 0 spiro atoms.